The molecule has 5 nitrogen and oxygen atoms in total. The number of thioether (sulfide) groups is 1. The maximum absolute atomic E-state index is 12.7. The van der Waals surface area contributed by atoms with E-state index in [1.165, 1.54) is 17.3 Å². The molecule has 1 saturated carbocycles. The Morgan fingerprint density at radius 2 is 1.93 bits per heavy atom. The van der Waals surface area contributed by atoms with Crippen LogP contribution in [0.2, 0.25) is 0 Å². The van der Waals surface area contributed by atoms with Crippen LogP contribution < -0.4 is 5.32 Å². The number of hydrogen-bond donors (Lipinski definition) is 1. The number of nitrogens with zero attached hydrogens (tertiary/aromatic N) is 3. The first-order valence-corrected chi connectivity index (χ1v) is 11.7. The fourth-order valence-corrected chi connectivity index (χ4v) is 4.73. The zero-order chi connectivity index (χ0) is 20.6. The monoisotopic (exact) mass is 426 g/mol. The van der Waals surface area contributed by atoms with Crippen molar-refractivity contribution in [1.29, 1.82) is 0 Å². The summed E-state index contributed by atoms with van der Waals surface area (Å²) in [6.07, 6.45) is 2.29. The molecule has 2 aromatic heterocycles. The lowest BCUT2D eigenvalue weighted by atomic mass is 9.87. The molecular weight excluding hydrogens is 400 g/mol. The minimum Gasteiger partial charge on any atom is -0.325 e. The van der Waals surface area contributed by atoms with Crippen LogP contribution in [0.25, 0.3) is 10.7 Å². The second-order valence-corrected chi connectivity index (χ2v) is 10.7. The third kappa shape index (κ3) is 4.56. The molecule has 1 aliphatic carbocycles. The van der Waals surface area contributed by atoms with Gasteiger partial charge in [0.25, 0.3) is 0 Å². The minimum atomic E-state index is -0.268. The van der Waals surface area contributed by atoms with Crippen LogP contribution in [0.3, 0.4) is 0 Å². The number of rotatable bonds is 6. The van der Waals surface area contributed by atoms with Crippen LogP contribution in [0.4, 0.5) is 5.69 Å². The Kier molecular flexibility index (Phi) is 5.53. The van der Waals surface area contributed by atoms with Crippen molar-refractivity contribution < 1.29 is 4.79 Å². The van der Waals surface area contributed by atoms with E-state index in [1.54, 1.807) is 11.3 Å². The molecule has 1 unspecified atom stereocenters. The van der Waals surface area contributed by atoms with Crippen LogP contribution in [-0.4, -0.2) is 25.9 Å². The van der Waals surface area contributed by atoms with Crippen molar-refractivity contribution in [3.05, 3.63) is 47.3 Å². The number of carbonyl (C=O) groups is 1. The predicted octanol–water partition coefficient (Wildman–Crippen LogP) is 5.76. The molecule has 1 amide bonds. The van der Waals surface area contributed by atoms with Gasteiger partial charge in [-0.05, 0) is 54.3 Å². The van der Waals surface area contributed by atoms with Crippen molar-refractivity contribution in [1.82, 2.24) is 14.8 Å². The topological polar surface area (TPSA) is 59.8 Å². The second kappa shape index (κ2) is 7.95. The quantitative estimate of drug-likeness (QED) is 0.509. The Morgan fingerprint density at radius 3 is 2.52 bits per heavy atom. The highest BCUT2D eigenvalue weighted by atomic mass is 32.2. The van der Waals surface area contributed by atoms with Crippen molar-refractivity contribution in [3.8, 4) is 10.7 Å². The SMILES string of the molecule is CC(Sc1nnc(-c2cccs2)n1C1CC1)C(=O)Nc1ccc(C(C)(C)C)cc1. The van der Waals surface area contributed by atoms with Gasteiger partial charge in [-0.2, -0.15) is 0 Å². The number of amides is 1. The average Bonchev–Trinajstić information content (AvgIpc) is 3.20. The third-order valence-electron chi connectivity index (χ3n) is 4.99. The summed E-state index contributed by atoms with van der Waals surface area (Å²) in [7, 11) is 0. The van der Waals surface area contributed by atoms with Crippen LogP contribution in [0, 0.1) is 0 Å². The van der Waals surface area contributed by atoms with E-state index >= 15 is 0 Å². The first kappa shape index (κ1) is 20.2. The van der Waals surface area contributed by atoms with E-state index in [1.807, 2.05) is 25.1 Å². The zero-order valence-corrected chi connectivity index (χ0v) is 18.8. The van der Waals surface area contributed by atoms with Crippen molar-refractivity contribution in [3.63, 3.8) is 0 Å². The molecule has 2 heterocycles. The summed E-state index contributed by atoms with van der Waals surface area (Å²) in [5.74, 6) is 0.886. The smallest absolute Gasteiger partial charge is 0.237 e. The molecule has 7 heteroatoms. The third-order valence-corrected chi connectivity index (χ3v) is 6.91. The van der Waals surface area contributed by atoms with E-state index in [0.717, 1.165) is 34.4 Å². The number of aromatic nitrogens is 3. The minimum absolute atomic E-state index is 0.0264. The van der Waals surface area contributed by atoms with Gasteiger partial charge in [0.15, 0.2) is 11.0 Å². The molecule has 0 saturated heterocycles. The van der Waals surface area contributed by atoms with Crippen molar-refractivity contribution in [2.75, 3.05) is 5.32 Å². The van der Waals surface area contributed by atoms with Crippen molar-refractivity contribution in [2.45, 2.75) is 62.4 Å². The molecule has 152 valence electrons. The number of anilines is 1. The fourth-order valence-electron chi connectivity index (χ4n) is 3.10. The Labute approximate surface area is 179 Å². The molecule has 0 spiro atoms. The van der Waals surface area contributed by atoms with Gasteiger partial charge < -0.3 is 5.32 Å². The Balaban J connectivity index is 1.45. The standard InChI is InChI=1S/C22H26N4OS2/c1-14(20(27)23-16-9-7-15(8-10-16)22(2,3)4)29-21-25-24-19(18-6-5-13-28-18)26(21)17-11-12-17/h5-10,13-14,17H,11-12H2,1-4H3,(H,23,27). The molecule has 1 aliphatic rings. The average molecular weight is 427 g/mol. The van der Waals surface area contributed by atoms with Crippen LogP contribution in [0.5, 0.6) is 0 Å². The van der Waals surface area contributed by atoms with Gasteiger partial charge in [-0.3, -0.25) is 9.36 Å². The highest BCUT2D eigenvalue weighted by molar-refractivity contribution is 8.00. The van der Waals surface area contributed by atoms with Crippen LogP contribution in [-0.2, 0) is 10.2 Å². The van der Waals surface area contributed by atoms with E-state index < -0.39 is 0 Å². The Bertz CT molecular complexity index is 983. The molecule has 0 radical (unpaired) electrons. The van der Waals surface area contributed by atoms with Gasteiger partial charge in [0.2, 0.25) is 5.91 Å². The van der Waals surface area contributed by atoms with Gasteiger partial charge in [0.1, 0.15) is 0 Å². The number of nitrogens with one attached hydrogen (secondary N) is 1. The van der Waals surface area contributed by atoms with E-state index in [2.05, 4.69) is 64.4 Å². The van der Waals surface area contributed by atoms with Gasteiger partial charge in [0.05, 0.1) is 10.1 Å². The molecule has 0 aliphatic heterocycles. The summed E-state index contributed by atoms with van der Waals surface area (Å²) in [6.45, 7) is 8.46. The second-order valence-electron chi connectivity index (χ2n) is 8.46. The lowest BCUT2D eigenvalue weighted by Gasteiger charge is -2.19. The van der Waals surface area contributed by atoms with Crippen LogP contribution >= 0.6 is 23.1 Å². The fraction of sp³-hybridized carbons (Fsp3) is 0.409. The van der Waals surface area contributed by atoms with Gasteiger partial charge in [-0.25, -0.2) is 0 Å². The molecule has 1 aromatic carbocycles. The van der Waals surface area contributed by atoms with Gasteiger partial charge in [-0.1, -0.05) is 50.7 Å². The van der Waals surface area contributed by atoms with E-state index in [4.69, 9.17) is 0 Å². The van der Waals surface area contributed by atoms with Crippen LogP contribution in [0.1, 0.15) is 52.1 Å². The summed E-state index contributed by atoms with van der Waals surface area (Å²) < 4.78 is 2.21. The van der Waals surface area contributed by atoms with Gasteiger partial charge >= 0.3 is 0 Å². The van der Waals surface area contributed by atoms with Crippen LogP contribution in [0.15, 0.2) is 46.9 Å². The maximum atomic E-state index is 12.7. The lowest BCUT2D eigenvalue weighted by molar-refractivity contribution is -0.115. The first-order valence-electron chi connectivity index (χ1n) is 9.90. The normalized spacial score (nSPS) is 15.3. The zero-order valence-electron chi connectivity index (χ0n) is 17.2. The van der Waals surface area contributed by atoms with E-state index in [0.29, 0.717) is 6.04 Å². The maximum Gasteiger partial charge on any atom is 0.237 e. The van der Waals surface area contributed by atoms with Crippen molar-refractivity contribution in [2.24, 2.45) is 0 Å². The number of thiophene rings is 1. The summed E-state index contributed by atoms with van der Waals surface area (Å²) >= 11 is 3.14. The number of carbonyl (C=O) groups excluding carboxylic acids is 1. The lowest BCUT2D eigenvalue weighted by Crippen LogP contribution is -2.23. The molecular formula is C22H26N4OS2. The molecule has 3 aromatic rings. The summed E-state index contributed by atoms with van der Waals surface area (Å²) in [5, 5.41) is 14.5. The molecule has 1 N–H and O–H groups in total. The predicted molar refractivity (Wildman–Crippen MR) is 121 cm³/mol. The van der Waals surface area contributed by atoms with E-state index in [9.17, 15) is 4.79 Å². The Morgan fingerprint density at radius 1 is 1.21 bits per heavy atom. The van der Waals surface area contributed by atoms with Gasteiger partial charge in [-0.15, -0.1) is 21.5 Å². The molecule has 1 atom stereocenters. The summed E-state index contributed by atoms with van der Waals surface area (Å²) in [5.41, 5.74) is 2.16. The number of hydrogen-bond acceptors (Lipinski definition) is 5. The molecule has 4 rings (SSSR count). The van der Waals surface area contributed by atoms with E-state index in [-0.39, 0.29) is 16.6 Å². The van der Waals surface area contributed by atoms with Crippen molar-refractivity contribution >= 4 is 34.7 Å². The summed E-state index contributed by atoms with van der Waals surface area (Å²) in [4.78, 5) is 13.9. The molecule has 1 fully saturated rings. The molecule has 29 heavy (non-hydrogen) atoms. The highest BCUT2D eigenvalue weighted by Gasteiger charge is 2.31. The summed E-state index contributed by atoms with van der Waals surface area (Å²) in [6, 6.07) is 12.6. The molecule has 0 bridgehead atoms. The Hall–Kier alpha value is -2.12. The van der Waals surface area contributed by atoms with Gasteiger partial charge in [0, 0.05) is 11.7 Å². The first-order chi connectivity index (χ1) is 13.8. The highest BCUT2D eigenvalue weighted by Crippen LogP contribution is 2.42. The largest absolute Gasteiger partial charge is 0.325 e. The number of benzene rings is 1.